The summed E-state index contributed by atoms with van der Waals surface area (Å²) in [5, 5.41) is 13.5. The first-order valence-corrected chi connectivity index (χ1v) is 7.33. The average Bonchev–Trinajstić information content (AvgIpc) is 3.08. The summed E-state index contributed by atoms with van der Waals surface area (Å²) in [6.45, 7) is 1.66. The van der Waals surface area contributed by atoms with E-state index in [2.05, 4.69) is 5.32 Å². The molecule has 1 saturated heterocycles. The Balaban J connectivity index is 1.98. The molecule has 1 aromatic rings. The lowest BCUT2D eigenvalue weighted by Crippen LogP contribution is -2.27. The highest BCUT2D eigenvalue weighted by Crippen LogP contribution is 2.32. The quantitative estimate of drug-likeness (QED) is 0.475. The molecule has 1 aromatic carbocycles. The van der Waals surface area contributed by atoms with E-state index in [4.69, 9.17) is 14.2 Å². The number of carbonyl (C=O) groups excluding carboxylic acids is 2. The van der Waals surface area contributed by atoms with E-state index >= 15 is 0 Å². The topological polar surface area (TPSA) is 117 Å². The van der Waals surface area contributed by atoms with E-state index in [9.17, 15) is 19.7 Å². The van der Waals surface area contributed by atoms with Crippen LogP contribution in [0.2, 0.25) is 0 Å². The van der Waals surface area contributed by atoms with Gasteiger partial charge in [0.15, 0.2) is 18.5 Å². The number of nitrogens with one attached hydrogen (secondary N) is 1. The van der Waals surface area contributed by atoms with E-state index in [1.807, 2.05) is 0 Å². The SMILES string of the molecule is COc1cc(NC(=O)COC(=O)[C@@H]2CCCO2)c(C)cc1[N+](=O)[O-]. The van der Waals surface area contributed by atoms with Gasteiger partial charge >= 0.3 is 11.7 Å². The van der Waals surface area contributed by atoms with Gasteiger partial charge in [-0.25, -0.2) is 4.79 Å². The third kappa shape index (κ3) is 4.19. The molecule has 0 saturated carbocycles. The maximum Gasteiger partial charge on any atom is 0.335 e. The van der Waals surface area contributed by atoms with Crippen LogP contribution >= 0.6 is 0 Å². The van der Waals surface area contributed by atoms with Crippen LogP contribution < -0.4 is 10.1 Å². The lowest BCUT2D eigenvalue weighted by atomic mass is 10.1. The van der Waals surface area contributed by atoms with Gasteiger partial charge in [0.25, 0.3) is 5.91 Å². The second-order valence-electron chi connectivity index (χ2n) is 5.25. The zero-order valence-corrected chi connectivity index (χ0v) is 13.4. The van der Waals surface area contributed by atoms with Crippen molar-refractivity contribution in [3.05, 3.63) is 27.8 Å². The summed E-state index contributed by atoms with van der Waals surface area (Å²) in [6, 6.07) is 2.65. The van der Waals surface area contributed by atoms with Crippen LogP contribution in [0.3, 0.4) is 0 Å². The summed E-state index contributed by atoms with van der Waals surface area (Å²) in [4.78, 5) is 33.9. The number of rotatable bonds is 6. The maximum absolute atomic E-state index is 11.9. The summed E-state index contributed by atoms with van der Waals surface area (Å²) in [5.41, 5.74) is 0.634. The summed E-state index contributed by atoms with van der Waals surface area (Å²) >= 11 is 0. The van der Waals surface area contributed by atoms with E-state index in [-0.39, 0.29) is 11.4 Å². The number of nitrogens with zero attached hydrogens (tertiary/aromatic N) is 1. The fraction of sp³-hybridized carbons (Fsp3) is 0.467. The van der Waals surface area contributed by atoms with Crippen LogP contribution in [0.1, 0.15) is 18.4 Å². The Morgan fingerprint density at radius 2 is 2.21 bits per heavy atom. The molecule has 0 bridgehead atoms. The largest absolute Gasteiger partial charge is 0.490 e. The molecule has 9 nitrogen and oxygen atoms in total. The number of hydrogen-bond donors (Lipinski definition) is 1. The smallest absolute Gasteiger partial charge is 0.335 e. The van der Waals surface area contributed by atoms with Crippen molar-refractivity contribution >= 4 is 23.3 Å². The molecule has 1 aliphatic heterocycles. The number of anilines is 1. The fourth-order valence-electron chi connectivity index (χ4n) is 2.29. The van der Waals surface area contributed by atoms with E-state index in [1.54, 1.807) is 6.92 Å². The van der Waals surface area contributed by atoms with Gasteiger partial charge in [-0.05, 0) is 25.3 Å². The number of ether oxygens (including phenoxy) is 3. The number of carbonyl (C=O) groups is 2. The summed E-state index contributed by atoms with van der Waals surface area (Å²) in [7, 11) is 1.30. The molecule has 1 heterocycles. The van der Waals surface area contributed by atoms with Crippen LogP contribution in [0.15, 0.2) is 12.1 Å². The lowest BCUT2D eigenvalue weighted by molar-refractivity contribution is -0.385. The van der Waals surface area contributed by atoms with Gasteiger partial charge in [-0.1, -0.05) is 0 Å². The fourth-order valence-corrected chi connectivity index (χ4v) is 2.29. The molecular weight excluding hydrogens is 320 g/mol. The van der Waals surface area contributed by atoms with Gasteiger partial charge in [-0.3, -0.25) is 14.9 Å². The third-order valence-corrected chi connectivity index (χ3v) is 3.53. The van der Waals surface area contributed by atoms with Crippen molar-refractivity contribution in [3.8, 4) is 5.75 Å². The molecule has 0 radical (unpaired) electrons. The zero-order chi connectivity index (χ0) is 17.7. The Hall–Kier alpha value is -2.68. The summed E-state index contributed by atoms with van der Waals surface area (Å²) in [5.74, 6) is -1.10. The molecule has 0 aromatic heterocycles. The first-order chi connectivity index (χ1) is 11.4. The normalized spacial score (nSPS) is 16.5. The molecule has 9 heteroatoms. The highest BCUT2D eigenvalue weighted by molar-refractivity contribution is 5.94. The van der Waals surface area contributed by atoms with Gasteiger partial charge in [-0.15, -0.1) is 0 Å². The molecule has 0 spiro atoms. The molecule has 24 heavy (non-hydrogen) atoms. The van der Waals surface area contributed by atoms with Crippen molar-refractivity contribution in [2.75, 3.05) is 25.6 Å². The Kier molecular flexibility index (Phi) is 5.69. The number of amides is 1. The molecular formula is C15H18N2O7. The second-order valence-corrected chi connectivity index (χ2v) is 5.25. The second kappa shape index (κ2) is 7.73. The van der Waals surface area contributed by atoms with Gasteiger partial charge in [0.2, 0.25) is 0 Å². The monoisotopic (exact) mass is 338 g/mol. The minimum Gasteiger partial charge on any atom is -0.490 e. The van der Waals surface area contributed by atoms with Crippen LogP contribution in [-0.4, -0.2) is 43.2 Å². The first-order valence-electron chi connectivity index (χ1n) is 7.33. The summed E-state index contributed by atoms with van der Waals surface area (Å²) in [6.07, 6.45) is 0.756. The number of aryl methyl sites for hydroxylation is 1. The predicted molar refractivity (Wildman–Crippen MR) is 82.9 cm³/mol. The average molecular weight is 338 g/mol. The highest BCUT2D eigenvalue weighted by Gasteiger charge is 2.25. The van der Waals surface area contributed by atoms with E-state index < -0.39 is 29.5 Å². The van der Waals surface area contributed by atoms with Gasteiger partial charge in [-0.2, -0.15) is 0 Å². The van der Waals surface area contributed by atoms with Crippen LogP contribution in [-0.2, 0) is 19.1 Å². The van der Waals surface area contributed by atoms with Crippen molar-refractivity contribution in [1.29, 1.82) is 0 Å². The van der Waals surface area contributed by atoms with Gasteiger partial charge < -0.3 is 19.5 Å². The molecule has 0 unspecified atom stereocenters. The van der Waals surface area contributed by atoms with Crippen molar-refractivity contribution in [2.24, 2.45) is 0 Å². The number of methoxy groups -OCH3 is 1. The molecule has 1 atom stereocenters. The minimum absolute atomic E-state index is 0.0252. The third-order valence-electron chi connectivity index (χ3n) is 3.53. The number of benzene rings is 1. The number of nitro groups is 1. The van der Waals surface area contributed by atoms with Crippen LogP contribution in [0.5, 0.6) is 5.75 Å². The van der Waals surface area contributed by atoms with E-state index in [0.29, 0.717) is 24.3 Å². The number of hydrogen-bond acceptors (Lipinski definition) is 7. The maximum atomic E-state index is 11.9. The Morgan fingerprint density at radius 3 is 2.79 bits per heavy atom. The van der Waals surface area contributed by atoms with E-state index in [0.717, 1.165) is 6.42 Å². The zero-order valence-electron chi connectivity index (χ0n) is 13.4. The van der Waals surface area contributed by atoms with Crippen LogP contribution in [0.25, 0.3) is 0 Å². The Bertz CT molecular complexity index is 653. The molecule has 2 rings (SSSR count). The number of esters is 1. The van der Waals surface area contributed by atoms with Gasteiger partial charge in [0.05, 0.1) is 12.0 Å². The van der Waals surface area contributed by atoms with Crippen molar-refractivity contribution in [1.82, 2.24) is 0 Å². The molecule has 1 fully saturated rings. The van der Waals surface area contributed by atoms with Crippen LogP contribution in [0.4, 0.5) is 11.4 Å². The molecule has 1 amide bonds. The Morgan fingerprint density at radius 1 is 1.46 bits per heavy atom. The van der Waals surface area contributed by atoms with Crippen molar-refractivity contribution in [3.63, 3.8) is 0 Å². The van der Waals surface area contributed by atoms with Crippen molar-refractivity contribution in [2.45, 2.75) is 25.9 Å². The minimum atomic E-state index is -0.612. The molecule has 1 aliphatic rings. The van der Waals surface area contributed by atoms with Crippen molar-refractivity contribution < 1.29 is 28.7 Å². The molecule has 0 aliphatic carbocycles. The standard InChI is InChI=1S/C15H18N2O7/c1-9-6-11(17(20)21)13(22-2)7-10(9)16-14(18)8-24-15(19)12-4-3-5-23-12/h6-7,12H,3-5,8H2,1-2H3,(H,16,18)/t12-/m0/s1. The first kappa shape index (κ1) is 17.7. The molecule has 130 valence electrons. The highest BCUT2D eigenvalue weighted by atomic mass is 16.6. The van der Waals surface area contributed by atoms with Crippen LogP contribution in [0, 0.1) is 17.0 Å². The lowest BCUT2D eigenvalue weighted by Gasteiger charge is -2.12. The van der Waals surface area contributed by atoms with Gasteiger partial charge in [0, 0.05) is 24.4 Å². The number of nitro benzene ring substituents is 1. The van der Waals surface area contributed by atoms with Gasteiger partial charge in [0.1, 0.15) is 0 Å². The molecule has 1 N–H and O–H groups in total. The Labute approximate surface area is 138 Å². The summed E-state index contributed by atoms with van der Waals surface area (Å²) < 4.78 is 15.0. The van der Waals surface area contributed by atoms with E-state index in [1.165, 1.54) is 19.2 Å². The predicted octanol–water partition coefficient (Wildman–Crippen LogP) is 1.57.